The Balaban J connectivity index is 2.08. The molecule has 1 saturated heterocycles. The summed E-state index contributed by atoms with van der Waals surface area (Å²) in [6.07, 6.45) is 1.41. The lowest BCUT2D eigenvalue weighted by molar-refractivity contribution is -0.141. The third-order valence-electron chi connectivity index (χ3n) is 3.37. The molecule has 0 spiro atoms. The van der Waals surface area contributed by atoms with Crippen LogP contribution in [0.3, 0.4) is 0 Å². The standard InChI is InChI=1S/C15H20O5/c1-10(15(16)17)7-11-3-4-13(14(8-11)18-2)20-12-5-6-19-9-12/h3-4,8,10,12H,5-7,9H2,1-2H3,(H,16,17). The Hall–Kier alpha value is -1.75. The predicted octanol–water partition coefficient (Wildman–Crippen LogP) is 2.13. The maximum atomic E-state index is 10.9. The first-order chi connectivity index (χ1) is 9.60. The summed E-state index contributed by atoms with van der Waals surface area (Å²) < 4.78 is 16.4. The number of hydrogen-bond donors (Lipinski definition) is 1. The molecule has 5 heteroatoms. The van der Waals surface area contributed by atoms with Gasteiger partial charge in [-0.3, -0.25) is 4.79 Å². The lowest BCUT2D eigenvalue weighted by Gasteiger charge is -2.16. The molecule has 1 fully saturated rings. The molecule has 0 radical (unpaired) electrons. The lowest BCUT2D eigenvalue weighted by atomic mass is 10.0. The van der Waals surface area contributed by atoms with Gasteiger partial charge >= 0.3 is 5.97 Å². The van der Waals surface area contributed by atoms with Crippen molar-refractivity contribution in [3.63, 3.8) is 0 Å². The fourth-order valence-corrected chi connectivity index (χ4v) is 2.16. The summed E-state index contributed by atoms with van der Waals surface area (Å²) in [6.45, 7) is 3.01. The van der Waals surface area contributed by atoms with Crippen LogP contribution in [0.2, 0.25) is 0 Å². The summed E-state index contributed by atoms with van der Waals surface area (Å²) in [4.78, 5) is 10.9. The van der Waals surface area contributed by atoms with E-state index < -0.39 is 11.9 Å². The summed E-state index contributed by atoms with van der Waals surface area (Å²) in [6, 6.07) is 5.55. The molecule has 0 bridgehead atoms. The number of methoxy groups -OCH3 is 1. The Morgan fingerprint density at radius 1 is 1.50 bits per heavy atom. The molecular weight excluding hydrogens is 260 g/mol. The smallest absolute Gasteiger partial charge is 0.306 e. The Labute approximate surface area is 118 Å². The van der Waals surface area contributed by atoms with Crippen LogP contribution in [0.15, 0.2) is 18.2 Å². The molecule has 1 aromatic carbocycles. The molecule has 110 valence electrons. The quantitative estimate of drug-likeness (QED) is 0.864. The first kappa shape index (κ1) is 14.7. The third-order valence-corrected chi connectivity index (χ3v) is 3.37. The van der Waals surface area contributed by atoms with Crippen molar-refractivity contribution in [2.45, 2.75) is 25.9 Å². The summed E-state index contributed by atoms with van der Waals surface area (Å²) in [5.74, 6) is 0.0869. The van der Waals surface area contributed by atoms with E-state index in [1.54, 1.807) is 14.0 Å². The third kappa shape index (κ3) is 3.63. The van der Waals surface area contributed by atoms with E-state index in [-0.39, 0.29) is 6.10 Å². The van der Waals surface area contributed by atoms with E-state index >= 15 is 0 Å². The van der Waals surface area contributed by atoms with Gasteiger partial charge in [0.05, 0.1) is 26.2 Å². The summed E-state index contributed by atoms with van der Waals surface area (Å²) in [5, 5.41) is 8.94. The van der Waals surface area contributed by atoms with Crippen LogP contribution in [0.4, 0.5) is 0 Å². The topological polar surface area (TPSA) is 65.0 Å². The number of ether oxygens (including phenoxy) is 3. The van der Waals surface area contributed by atoms with Crippen molar-refractivity contribution in [3.8, 4) is 11.5 Å². The number of carboxylic acids is 1. The maximum Gasteiger partial charge on any atom is 0.306 e. The average Bonchev–Trinajstić information content (AvgIpc) is 2.93. The highest BCUT2D eigenvalue weighted by atomic mass is 16.6. The van der Waals surface area contributed by atoms with Gasteiger partial charge in [0.2, 0.25) is 0 Å². The first-order valence-electron chi connectivity index (χ1n) is 6.74. The molecule has 1 aromatic rings. The highest BCUT2D eigenvalue weighted by molar-refractivity contribution is 5.70. The zero-order valence-electron chi connectivity index (χ0n) is 11.8. The summed E-state index contributed by atoms with van der Waals surface area (Å²) in [5.41, 5.74) is 0.923. The minimum Gasteiger partial charge on any atom is -0.493 e. The molecule has 2 unspecified atom stereocenters. The number of benzene rings is 1. The van der Waals surface area contributed by atoms with Crippen LogP contribution < -0.4 is 9.47 Å². The van der Waals surface area contributed by atoms with E-state index in [4.69, 9.17) is 19.3 Å². The minimum absolute atomic E-state index is 0.0627. The first-order valence-corrected chi connectivity index (χ1v) is 6.74. The van der Waals surface area contributed by atoms with Crippen molar-refractivity contribution in [1.82, 2.24) is 0 Å². The molecule has 2 rings (SSSR count). The van der Waals surface area contributed by atoms with Crippen molar-refractivity contribution < 1.29 is 24.1 Å². The largest absolute Gasteiger partial charge is 0.493 e. The molecule has 1 aliphatic rings. The molecule has 0 aromatic heterocycles. The molecule has 1 heterocycles. The minimum atomic E-state index is -0.799. The van der Waals surface area contributed by atoms with E-state index in [2.05, 4.69) is 0 Å². The Morgan fingerprint density at radius 2 is 2.30 bits per heavy atom. The van der Waals surface area contributed by atoms with E-state index in [0.717, 1.165) is 18.6 Å². The van der Waals surface area contributed by atoms with Gasteiger partial charge in [-0.25, -0.2) is 0 Å². The zero-order valence-corrected chi connectivity index (χ0v) is 11.8. The molecule has 5 nitrogen and oxygen atoms in total. The van der Waals surface area contributed by atoms with Crippen LogP contribution in [0.25, 0.3) is 0 Å². The second-order valence-corrected chi connectivity index (χ2v) is 5.03. The fourth-order valence-electron chi connectivity index (χ4n) is 2.16. The predicted molar refractivity (Wildman–Crippen MR) is 73.3 cm³/mol. The van der Waals surface area contributed by atoms with E-state index in [1.807, 2.05) is 18.2 Å². The van der Waals surface area contributed by atoms with Crippen LogP contribution in [-0.4, -0.2) is 37.5 Å². The SMILES string of the molecule is COc1cc(CC(C)C(=O)O)ccc1OC1CCOC1. The molecule has 20 heavy (non-hydrogen) atoms. The summed E-state index contributed by atoms with van der Waals surface area (Å²) in [7, 11) is 1.58. The molecule has 1 N–H and O–H groups in total. The van der Waals surface area contributed by atoms with Crippen molar-refractivity contribution in [2.75, 3.05) is 20.3 Å². The normalized spacial score (nSPS) is 19.6. The van der Waals surface area contributed by atoms with Gasteiger partial charge in [0.1, 0.15) is 6.10 Å². The molecule has 0 aliphatic carbocycles. The number of aliphatic carboxylic acids is 1. The van der Waals surface area contributed by atoms with Gasteiger partial charge < -0.3 is 19.3 Å². The summed E-state index contributed by atoms with van der Waals surface area (Å²) >= 11 is 0. The maximum absolute atomic E-state index is 10.9. The van der Waals surface area contributed by atoms with Crippen LogP contribution in [0, 0.1) is 5.92 Å². The number of carbonyl (C=O) groups is 1. The van der Waals surface area contributed by atoms with Gasteiger partial charge in [0.25, 0.3) is 0 Å². The van der Waals surface area contributed by atoms with Gasteiger partial charge in [-0.05, 0) is 24.1 Å². The zero-order chi connectivity index (χ0) is 14.5. The van der Waals surface area contributed by atoms with Crippen molar-refractivity contribution in [3.05, 3.63) is 23.8 Å². The second kappa shape index (κ2) is 6.61. The highest BCUT2D eigenvalue weighted by Crippen LogP contribution is 2.31. The number of rotatable bonds is 6. The Morgan fingerprint density at radius 3 is 2.90 bits per heavy atom. The van der Waals surface area contributed by atoms with Crippen molar-refractivity contribution in [1.29, 1.82) is 0 Å². The van der Waals surface area contributed by atoms with Crippen LogP contribution in [0.5, 0.6) is 11.5 Å². The van der Waals surface area contributed by atoms with Crippen LogP contribution >= 0.6 is 0 Å². The van der Waals surface area contributed by atoms with E-state index in [0.29, 0.717) is 24.5 Å². The second-order valence-electron chi connectivity index (χ2n) is 5.03. The Kier molecular flexibility index (Phi) is 4.84. The monoisotopic (exact) mass is 280 g/mol. The Bertz CT molecular complexity index is 465. The van der Waals surface area contributed by atoms with Gasteiger partial charge in [0.15, 0.2) is 11.5 Å². The lowest BCUT2D eigenvalue weighted by Crippen LogP contribution is -2.16. The van der Waals surface area contributed by atoms with Gasteiger partial charge in [-0.15, -0.1) is 0 Å². The fraction of sp³-hybridized carbons (Fsp3) is 0.533. The number of hydrogen-bond acceptors (Lipinski definition) is 4. The molecule has 2 atom stereocenters. The molecule has 0 saturated carbocycles. The molecule has 0 amide bonds. The van der Waals surface area contributed by atoms with E-state index in [1.165, 1.54) is 0 Å². The number of carboxylic acid groups (broad SMARTS) is 1. The van der Waals surface area contributed by atoms with Gasteiger partial charge in [-0.1, -0.05) is 13.0 Å². The van der Waals surface area contributed by atoms with E-state index in [9.17, 15) is 4.79 Å². The average molecular weight is 280 g/mol. The molecule has 1 aliphatic heterocycles. The van der Waals surface area contributed by atoms with Crippen LogP contribution in [-0.2, 0) is 16.0 Å². The van der Waals surface area contributed by atoms with Crippen molar-refractivity contribution in [2.24, 2.45) is 5.92 Å². The molecular formula is C15H20O5. The highest BCUT2D eigenvalue weighted by Gasteiger charge is 2.19. The van der Waals surface area contributed by atoms with Gasteiger partial charge in [-0.2, -0.15) is 0 Å². The van der Waals surface area contributed by atoms with Crippen molar-refractivity contribution >= 4 is 5.97 Å². The van der Waals surface area contributed by atoms with Crippen LogP contribution in [0.1, 0.15) is 18.9 Å². The van der Waals surface area contributed by atoms with Gasteiger partial charge in [0, 0.05) is 6.42 Å².